The molecule has 7 heteroatoms. The van der Waals surface area contributed by atoms with E-state index in [2.05, 4.69) is 4.72 Å². The number of ether oxygens (including phenoxy) is 3. The van der Waals surface area contributed by atoms with Crippen LogP contribution in [-0.2, 0) is 16.6 Å². The van der Waals surface area contributed by atoms with Crippen molar-refractivity contribution in [3.05, 3.63) is 48.0 Å². The fraction of sp³-hybridized carbons (Fsp3) is 0.294. The molecular formula is C17H21NO5S. The lowest BCUT2D eigenvalue weighted by molar-refractivity contribution is 0.340. The second-order valence-corrected chi connectivity index (χ2v) is 6.64. The van der Waals surface area contributed by atoms with Crippen molar-refractivity contribution in [2.24, 2.45) is 0 Å². The van der Waals surface area contributed by atoms with Gasteiger partial charge in [-0.1, -0.05) is 6.07 Å². The molecule has 2 aromatic carbocycles. The zero-order valence-corrected chi connectivity index (χ0v) is 14.7. The van der Waals surface area contributed by atoms with E-state index in [0.717, 1.165) is 0 Å². The van der Waals surface area contributed by atoms with E-state index < -0.39 is 10.0 Å². The van der Waals surface area contributed by atoms with Gasteiger partial charge in [0, 0.05) is 6.54 Å². The van der Waals surface area contributed by atoms with Crippen LogP contribution < -0.4 is 18.9 Å². The molecule has 0 fully saturated rings. The molecule has 0 aromatic heterocycles. The molecule has 0 heterocycles. The van der Waals surface area contributed by atoms with Gasteiger partial charge in [0.05, 0.1) is 31.3 Å². The molecule has 2 rings (SSSR count). The standard InChI is InChI=1S/C17H21NO5S/c1-4-23-13-8-10-14(11-9-13)24(19,20)18-12-15-16(21-2)6-5-7-17(15)22-3/h5-11,18H,4,12H2,1-3H3. The number of hydrogen-bond acceptors (Lipinski definition) is 5. The van der Waals surface area contributed by atoms with Crippen molar-refractivity contribution in [1.82, 2.24) is 4.72 Å². The largest absolute Gasteiger partial charge is 0.496 e. The van der Waals surface area contributed by atoms with Crippen molar-refractivity contribution >= 4 is 10.0 Å². The van der Waals surface area contributed by atoms with E-state index in [9.17, 15) is 8.42 Å². The Hall–Kier alpha value is -2.25. The maximum atomic E-state index is 12.4. The van der Waals surface area contributed by atoms with Crippen molar-refractivity contribution in [3.63, 3.8) is 0 Å². The van der Waals surface area contributed by atoms with E-state index in [-0.39, 0.29) is 11.4 Å². The summed E-state index contributed by atoms with van der Waals surface area (Å²) < 4.78 is 43.3. The first-order chi connectivity index (χ1) is 11.5. The minimum Gasteiger partial charge on any atom is -0.496 e. The Morgan fingerprint density at radius 3 is 2.04 bits per heavy atom. The fourth-order valence-corrected chi connectivity index (χ4v) is 3.23. The van der Waals surface area contributed by atoms with Crippen molar-refractivity contribution in [2.75, 3.05) is 20.8 Å². The van der Waals surface area contributed by atoms with E-state index in [1.54, 1.807) is 30.3 Å². The minimum absolute atomic E-state index is 0.0583. The van der Waals surface area contributed by atoms with Crippen molar-refractivity contribution in [3.8, 4) is 17.2 Å². The van der Waals surface area contributed by atoms with Gasteiger partial charge in [0.1, 0.15) is 17.2 Å². The predicted octanol–water partition coefficient (Wildman–Crippen LogP) is 2.58. The van der Waals surface area contributed by atoms with Gasteiger partial charge in [-0.15, -0.1) is 0 Å². The lowest BCUT2D eigenvalue weighted by atomic mass is 10.2. The Morgan fingerprint density at radius 1 is 0.958 bits per heavy atom. The number of benzene rings is 2. The number of nitrogens with one attached hydrogen (secondary N) is 1. The van der Waals surface area contributed by atoms with Gasteiger partial charge in [-0.3, -0.25) is 0 Å². The van der Waals surface area contributed by atoms with E-state index in [1.165, 1.54) is 26.4 Å². The first kappa shape index (κ1) is 18.1. The van der Waals surface area contributed by atoms with E-state index in [0.29, 0.717) is 29.4 Å². The van der Waals surface area contributed by atoms with Crippen LogP contribution in [0.5, 0.6) is 17.2 Å². The highest BCUT2D eigenvalue weighted by molar-refractivity contribution is 7.89. The number of rotatable bonds is 8. The normalized spacial score (nSPS) is 11.1. The fourth-order valence-electron chi connectivity index (χ4n) is 2.23. The van der Waals surface area contributed by atoms with Gasteiger partial charge in [-0.2, -0.15) is 0 Å². The molecule has 0 unspecified atom stereocenters. The van der Waals surface area contributed by atoms with Crippen LogP contribution in [0.25, 0.3) is 0 Å². The Morgan fingerprint density at radius 2 is 1.54 bits per heavy atom. The maximum Gasteiger partial charge on any atom is 0.240 e. The Balaban J connectivity index is 2.19. The Kier molecular flexibility index (Phi) is 6.05. The van der Waals surface area contributed by atoms with Gasteiger partial charge >= 0.3 is 0 Å². The van der Waals surface area contributed by atoms with Gasteiger partial charge in [0.25, 0.3) is 0 Å². The van der Waals surface area contributed by atoms with Gasteiger partial charge in [-0.05, 0) is 43.3 Å². The van der Waals surface area contributed by atoms with Gasteiger partial charge < -0.3 is 14.2 Å². The molecule has 0 radical (unpaired) electrons. The number of hydrogen-bond donors (Lipinski definition) is 1. The van der Waals surface area contributed by atoms with Crippen LogP contribution in [0, 0.1) is 0 Å². The third-order valence-electron chi connectivity index (χ3n) is 3.41. The highest BCUT2D eigenvalue weighted by Crippen LogP contribution is 2.28. The molecule has 6 nitrogen and oxygen atoms in total. The van der Waals surface area contributed by atoms with Crippen LogP contribution in [0.15, 0.2) is 47.4 Å². The van der Waals surface area contributed by atoms with E-state index in [4.69, 9.17) is 14.2 Å². The quantitative estimate of drug-likeness (QED) is 0.791. The summed E-state index contributed by atoms with van der Waals surface area (Å²) in [5.74, 6) is 1.75. The van der Waals surface area contributed by atoms with Crippen LogP contribution >= 0.6 is 0 Å². The monoisotopic (exact) mass is 351 g/mol. The third-order valence-corrected chi connectivity index (χ3v) is 4.83. The molecular weight excluding hydrogens is 330 g/mol. The van der Waals surface area contributed by atoms with Crippen molar-refractivity contribution < 1.29 is 22.6 Å². The predicted molar refractivity (Wildman–Crippen MR) is 91.2 cm³/mol. The van der Waals surface area contributed by atoms with Gasteiger partial charge in [-0.25, -0.2) is 13.1 Å². The molecule has 0 amide bonds. The second kappa shape index (κ2) is 8.03. The van der Waals surface area contributed by atoms with Crippen molar-refractivity contribution in [1.29, 1.82) is 0 Å². The molecule has 24 heavy (non-hydrogen) atoms. The van der Waals surface area contributed by atoms with E-state index >= 15 is 0 Å². The summed E-state index contributed by atoms with van der Waals surface area (Å²) in [6.45, 7) is 2.45. The first-order valence-electron chi connectivity index (χ1n) is 7.44. The molecule has 0 spiro atoms. The lowest BCUT2D eigenvalue weighted by Gasteiger charge is -2.14. The molecule has 0 atom stereocenters. The van der Waals surface area contributed by atoms with Crippen LogP contribution in [0.2, 0.25) is 0 Å². The molecule has 0 saturated heterocycles. The molecule has 0 aliphatic carbocycles. The van der Waals surface area contributed by atoms with Crippen molar-refractivity contribution in [2.45, 2.75) is 18.4 Å². The summed E-state index contributed by atoms with van der Waals surface area (Å²) in [5.41, 5.74) is 0.636. The van der Waals surface area contributed by atoms with Crippen LogP contribution in [0.1, 0.15) is 12.5 Å². The SMILES string of the molecule is CCOc1ccc(S(=O)(=O)NCc2c(OC)cccc2OC)cc1. The molecule has 2 aromatic rings. The maximum absolute atomic E-state index is 12.4. The molecule has 0 bridgehead atoms. The summed E-state index contributed by atoms with van der Waals surface area (Å²) in [5, 5.41) is 0. The van der Waals surface area contributed by atoms with Gasteiger partial charge in [0.15, 0.2) is 0 Å². The third kappa shape index (κ3) is 4.18. The highest BCUT2D eigenvalue weighted by Gasteiger charge is 2.17. The van der Waals surface area contributed by atoms with Crippen LogP contribution in [0.4, 0.5) is 0 Å². The average molecular weight is 351 g/mol. The zero-order valence-electron chi connectivity index (χ0n) is 13.9. The number of sulfonamides is 1. The summed E-state index contributed by atoms with van der Waals surface area (Å²) >= 11 is 0. The summed E-state index contributed by atoms with van der Waals surface area (Å²) in [6, 6.07) is 11.6. The molecule has 0 saturated carbocycles. The van der Waals surface area contributed by atoms with E-state index in [1.807, 2.05) is 6.92 Å². The zero-order chi connectivity index (χ0) is 17.6. The van der Waals surface area contributed by atoms with Crippen LogP contribution in [-0.4, -0.2) is 29.2 Å². The Bertz CT molecular complexity index is 750. The molecule has 1 N–H and O–H groups in total. The summed E-state index contributed by atoms with van der Waals surface area (Å²) in [6.07, 6.45) is 0. The minimum atomic E-state index is -3.66. The summed E-state index contributed by atoms with van der Waals surface area (Å²) in [4.78, 5) is 0.166. The van der Waals surface area contributed by atoms with Gasteiger partial charge in [0.2, 0.25) is 10.0 Å². The molecule has 0 aliphatic heterocycles. The molecule has 0 aliphatic rings. The number of methoxy groups -OCH3 is 2. The Labute approximate surface area is 142 Å². The first-order valence-corrected chi connectivity index (χ1v) is 8.92. The average Bonchev–Trinajstić information content (AvgIpc) is 2.60. The summed E-state index contributed by atoms with van der Waals surface area (Å²) in [7, 11) is -0.603. The van der Waals surface area contributed by atoms with Crippen LogP contribution in [0.3, 0.4) is 0 Å². The lowest BCUT2D eigenvalue weighted by Crippen LogP contribution is -2.23. The smallest absolute Gasteiger partial charge is 0.240 e. The second-order valence-electron chi connectivity index (χ2n) is 4.87. The highest BCUT2D eigenvalue weighted by atomic mass is 32.2. The topological polar surface area (TPSA) is 73.9 Å². The molecule has 130 valence electrons.